The lowest BCUT2D eigenvalue weighted by Gasteiger charge is -2.25. The number of carbonyl (C=O) groups excluding carboxylic acids is 1. The molecule has 21 heavy (non-hydrogen) atoms. The average Bonchev–Trinajstić information content (AvgIpc) is 2.54. The van der Waals surface area contributed by atoms with Crippen molar-refractivity contribution in [3.05, 3.63) is 65.7 Å². The lowest BCUT2D eigenvalue weighted by Crippen LogP contribution is -2.35. The number of hydrogen-bond donors (Lipinski definition) is 1. The number of cyclic esters (lactones) is 1. The Bertz CT molecular complexity index is 612. The van der Waals surface area contributed by atoms with Crippen molar-refractivity contribution < 1.29 is 14.3 Å². The predicted octanol–water partition coefficient (Wildman–Crippen LogP) is 3.44. The molecule has 0 radical (unpaired) electrons. The molecule has 1 aliphatic rings. The summed E-state index contributed by atoms with van der Waals surface area (Å²) in [5.74, 6) is 0.800. The van der Waals surface area contributed by atoms with E-state index in [9.17, 15) is 4.79 Å². The Morgan fingerprint density at radius 3 is 2.67 bits per heavy atom. The highest BCUT2D eigenvalue weighted by Gasteiger charge is 2.23. The zero-order valence-electron chi connectivity index (χ0n) is 11.6. The van der Waals surface area contributed by atoms with Crippen LogP contribution in [0.2, 0.25) is 0 Å². The first-order valence-electron chi connectivity index (χ1n) is 7.02. The van der Waals surface area contributed by atoms with Gasteiger partial charge in [0.05, 0.1) is 12.6 Å². The summed E-state index contributed by atoms with van der Waals surface area (Å²) in [7, 11) is 0. The molecule has 4 nitrogen and oxygen atoms in total. The molecule has 0 aliphatic carbocycles. The van der Waals surface area contributed by atoms with Crippen LogP contribution in [0.3, 0.4) is 0 Å². The molecule has 0 saturated carbocycles. The number of carbonyl (C=O) groups is 1. The van der Waals surface area contributed by atoms with E-state index in [0.29, 0.717) is 13.2 Å². The summed E-state index contributed by atoms with van der Waals surface area (Å²) < 4.78 is 10.8. The van der Waals surface area contributed by atoms with Gasteiger partial charge in [-0.25, -0.2) is 4.79 Å². The van der Waals surface area contributed by atoms with Gasteiger partial charge in [-0.05, 0) is 11.6 Å². The van der Waals surface area contributed by atoms with Gasteiger partial charge in [0.1, 0.15) is 12.4 Å². The minimum Gasteiger partial charge on any atom is -0.489 e. The summed E-state index contributed by atoms with van der Waals surface area (Å²) in [6, 6.07) is 17.8. The fourth-order valence-electron chi connectivity index (χ4n) is 2.39. The molecular formula is C17H17NO3. The van der Waals surface area contributed by atoms with Crippen LogP contribution in [-0.2, 0) is 11.3 Å². The number of amides is 1. The van der Waals surface area contributed by atoms with Gasteiger partial charge in [0.2, 0.25) is 0 Å². The van der Waals surface area contributed by atoms with Crippen LogP contribution in [0.5, 0.6) is 5.75 Å². The topological polar surface area (TPSA) is 47.6 Å². The first-order chi connectivity index (χ1) is 10.3. The monoisotopic (exact) mass is 283 g/mol. The van der Waals surface area contributed by atoms with Crippen LogP contribution < -0.4 is 10.1 Å². The molecule has 0 aromatic heterocycles. The summed E-state index contributed by atoms with van der Waals surface area (Å²) in [4.78, 5) is 11.4. The van der Waals surface area contributed by atoms with Crippen LogP contribution in [0.15, 0.2) is 54.6 Å². The molecule has 0 bridgehead atoms. The maximum atomic E-state index is 11.4. The van der Waals surface area contributed by atoms with E-state index in [1.165, 1.54) is 0 Å². The Morgan fingerprint density at radius 2 is 1.86 bits per heavy atom. The number of hydrogen-bond acceptors (Lipinski definition) is 3. The van der Waals surface area contributed by atoms with Crippen LogP contribution in [0, 0.1) is 0 Å². The molecule has 1 amide bonds. The number of nitrogens with one attached hydrogen (secondary N) is 1. The van der Waals surface area contributed by atoms with Gasteiger partial charge in [-0.1, -0.05) is 48.5 Å². The van der Waals surface area contributed by atoms with E-state index in [-0.39, 0.29) is 12.1 Å². The summed E-state index contributed by atoms with van der Waals surface area (Å²) in [5, 5.41) is 2.83. The molecule has 0 spiro atoms. The molecule has 2 aromatic carbocycles. The second-order valence-electron chi connectivity index (χ2n) is 4.93. The van der Waals surface area contributed by atoms with Gasteiger partial charge < -0.3 is 14.8 Å². The molecule has 4 heteroatoms. The molecule has 0 unspecified atom stereocenters. The lowest BCUT2D eigenvalue weighted by atomic mass is 10.0. The van der Waals surface area contributed by atoms with Crippen molar-refractivity contribution >= 4 is 6.09 Å². The fourth-order valence-corrected chi connectivity index (χ4v) is 2.39. The van der Waals surface area contributed by atoms with E-state index >= 15 is 0 Å². The van der Waals surface area contributed by atoms with E-state index in [1.54, 1.807) is 0 Å². The zero-order chi connectivity index (χ0) is 14.5. The maximum absolute atomic E-state index is 11.4. The maximum Gasteiger partial charge on any atom is 0.407 e. The van der Waals surface area contributed by atoms with Gasteiger partial charge in [0.25, 0.3) is 0 Å². The SMILES string of the molecule is O=C1N[C@@H](c2ccccc2OCc2ccccc2)CCO1. The second kappa shape index (κ2) is 6.31. The highest BCUT2D eigenvalue weighted by Crippen LogP contribution is 2.29. The zero-order valence-corrected chi connectivity index (χ0v) is 11.6. The van der Waals surface area contributed by atoms with Crippen molar-refractivity contribution in [1.29, 1.82) is 0 Å². The molecule has 1 aliphatic heterocycles. The van der Waals surface area contributed by atoms with Crippen LogP contribution in [0.1, 0.15) is 23.6 Å². The first-order valence-corrected chi connectivity index (χ1v) is 7.02. The van der Waals surface area contributed by atoms with Crippen LogP contribution in [-0.4, -0.2) is 12.7 Å². The van der Waals surface area contributed by atoms with Crippen molar-refractivity contribution in [2.45, 2.75) is 19.1 Å². The fraction of sp³-hybridized carbons (Fsp3) is 0.235. The van der Waals surface area contributed by atoms with E-state index in [4.69, 9.17) is 9.47 Å². The van der Waals surface area contributed by atoms with E-state index in [0.717, 1.165) is 23.3 Å². The third kappa shape index (κ3) is 3.34. The standard InChI is InChI=1S/C17H17NO3/c19-17-18-15(10-11-20-17)14-8-4-5-9-16(14)21-12-13-6-2-1-3-7-13/h1-9,15H,10-12H2,(H,18,19)/t15-/m1/s1. The quantitative estimate of drug-likeness (QED) is 0.935. The molecule has 1 fully saturated rings. The molecule has 108 valence electrons. The Morgan fingerprint density at radius 1 is 1.10 bits per heavy atom. The summed E-state index contributed by atoms with van der Waals surface area (Å²) in [6.07, 6.45) is 0.376. The van der Waals surface area contributed by atoms with Gasteiger partial charge >= 0.3 is 6.09 Å². The van der Waals surface area contributed by atoms with Crippen LogP contribution >= 0.6 is 0 Å². The number of ether oxygens (including phenoxy) is 2. The van der Waals surface area contributed by atoms with Gasteiger partial charge in [-0.2, -0.15) is 0 Å². The number of para-hydroxylation sites is 1. The minimum absolute atomic E-state index is 0.0572. The van der Waals surface area contributed by atoms with Crippen molar-refractivity contribution in [2.24, 2.45) is 0 Å². The minimum atomic E-state index is -0.371. The van der Waals surface area contributed by atoms with E-state index in [1.807, 2.05) is 54.6 Å². The third-order valence-electron chi connectivity index (χ3n) is 3.46. The Kier molecular flexibility index (Phi) is 4.05. The molecule has 2 aromatic rings. The predicted molar refractivity (Wildman–Crippen MR) is 79.1 cm³/mol. The highest BCUT2D eigenvalue weighted by atomic mass is 16.6. The van der Waals surface area contributed by atoms with Crippen molar-refractivity contribution in [1.82, 2.24) is 5.32 Å². The Balaban J connectivity index is 1.74. The van der Waals surface area contributed by atoms with Crippen molar-refractivity contribution in [2.75, 3.05) is 6.61 Å². The van der Waals surface area contributed by atoms with Gasteiger partial charge in [0.15, 0.2) is 0 Å². The van der Waals surface area contributed by atoms with Gasteiger partial charge in [0, 0.05) is 12.0 Å². The third-order valence-corrected chi connectivity index (χ3v) is 3.46. The Hall–Kier alpha value is -2.49. The lowest BCUT2D eigenvalue weighted by molar-refractivity contribution is 0.115. The summed E-state index contributed by atoms with van der Waals surface area (Å²) in [6.45, 7) is 0.943. The summed E-state index contributed by atoms with van der Waals surface area (Å²) >= 11 is 0. The number of alkyl carbamates (subject to hydrolysis) is 1. The smallest absolute Gasteiger partial charge is 0.407 e. The molecule has 1 heterocycles. The van der Waals surface area contributed by atoms with Crippen molar-refractivity contribution in [3.8, 4) is 5.75 Å². The molecule has 1 N–H and O–H groups in total. The van der Waals surface area contributed by atoms with E-state index in [2.05, 4.69) is 5.32 Å². The number of rotatable bonds is 4. The number of benzene rings is 2. The summed E-state index contributed by atoms with van der Waals surface area (Å²) in [5.41, 5.74) is 2.10. The molecule has 1 atom stereocenters. The van der Waals surface area contributed by atoms with Crippen molar-refractivity contribution in [3.63, 3.8) is 0 Å². The normalized spacial score (nSPS) is 17.7. The molecule has 3 rings (SSSR count). The molecular weight excluding hydrogens is 266 g/mol. The van der Waals surface area contributed by atoms with E-state index < -0.39 is 0 Å². The second-order valence-corrected chi connectivity index (χ2v) is 4.93. The average molecular weight is 283 g/mol. The Labute approximate surface area is 123 Å². The van der Waals surface area contributed by atoms with Gasteiger partial charge in [-0.3, -0.25) is 0 Å². The van der Waals surface area contributed by atoms with Crippen LogP contribution in [0.4, 0.5) is 4.79 Å². The largest absolute Gasteiger partial charge is 0.489 e. The van der Waals surface area contributed by atoms with Crippen LogP contribution in [0.25, 0.3) is 0 Å². The first kappa shape index (κ1) is 13.5. The molecule has 1 saturated heterocycles. The highest BCUT2D eigenvalue weighted by molar-refractivity contribution is 5.69. The van der Waals surface area contributed by atoms with Gasteiger partial charge in [-0.15, -0.1) is 0 Å².